The molecule has 10 heteroatoms. The molecule has 2 saturated carbocycles. The van der Waals surface area contributed by atoms with E-state index in [9.17, 15) is 9.59 Å². The number of hydrogen-bond acceptors (Lipinski definition) is 7. The van der Waals surface area contributed by atoms with E-state index in [0.29, 0.717) is 23.0 Å². The molecule has 3 aromatic heterocycles. The minimum absolute atomic E-state index is 0.146. The molecule has 0 spiro atoms. The lowest BCUT2D eigenvalue weighted by atomic mass is 9.95. The molecule has 3 heterocycles. The predicted molar refractivity (Wildman–Crippen MR) is 127 cm³/mol. The highest BCUT2D eigenvalue weighted by atomic mass is 16.2. The third kappa shape index (κ3) is 5.05. The van der Waals surface area contributed by atoms with Crippen molar-refractivity contribution in [3.05, 3.63) is 54.1 Å². The van der Waals surface area contributed by atoms with Gasteiger partial charge >= 0.3 is 0 Å². The zero-order valence-electron chi connectivity index (χ0n) is 19.1. The maximum absolute atomic E-state index is 13.4. The molecule has 0 saturated heterocycles. The molecule has 0 aromatic carbocycles. The number of hydrogen-bond donors (Lipinski definition) is 3. The summed E-state index contributed by atoms with van der Waals surface area (Å²) in [6, 6.07) is 3.93. The van der Waals surface area contributed by atoms with Gasteiger partial charge in [-0.1, -0.05) is 19.3 Å². The highest BCUT2D eigenvalue weighted by molar-refractivity contribution is 6.10. The topological polar surface area (TPSA) is 127 Å². The number of nitrogens with one attached hydrogen (secondary N) is 3. The maximum Gasteiger partial charge on any atom is 0.276 e. The number of aromatic nitrogens is 5. The number of amides is 2. The molecular formula is C24H28N8O2. The quantitative estimate of drug-likeness (QED) is 0.492. The van der Waals surface area contributed by atoms with Crippen LogP contribution in [0.3, 0.4) is 0 Å². The average Bonchev–Trinajstić information content (AvgIpc) is 3.63. The second-order valence-electron chi connectivity index (χ2n) is 8.99. The van der Waals surface area contributed by atoms with E-state index in [-0.39, 0.29) is 23.3 Å². The molecule has 0 atom stereocenters. The monoisotopic (exact) mass is 460 g/mol. The van der Waals surface area contributed by atoms with Gasteiger partial charge in [-0.2, -0.15) is 5.10 Å². The molecule has 0 unspecified atom stereocenters. The number of pyridine rings is 1. The lowest BCUT2D eigenvalue weighted by molar-refractivity contribution is 0.0923. The first-order valence-corrected chi connectivity index (χ1v) is 11.8. The van der Waals surface area contributed by atoms with E-state index in [1.165, 1.54) is 17.4 Å². The number of aryl methyl sites for hydroxylation is 1. The molecule has 0 aliphatic heterocycles. The van der Waals surface area contributed by atoms with E-state index < -0.39 is 5.91 Å². The van der Waals surface area contributed by atoms with Gasteiger partial charge in [0, 0.05) is 30.9 Å². The second-order valence-corrected chi connectivity index (χ2v) is 8.99. The zero-order valence-corrected chi connectivity index (χ0v) is 19.1. The van der Waals surface area contributed by atoms with Gasteiger partial charge in [0.2, 0.25) is 0 Å². The smallest absolute Gasteiger partial charge is 0.276 e. The molecule has 2 aliphatic rings. The van der Waals surface area contributed by atoms with E-state index in [0.717, 1.165) is 44.2 Å². The molecule has 34 heavy (non-hydrogen) atoms. The summed E-state index contributed by atoms with van der Waals surface area (Å²) in [6.45, 7) is 0. The number of carbonyl (C=O) groups excluding carboxylic acids is 2. The van der Waals surface area contributed by atoms with Gasteiger partial charge in [0.15, 0.2) is 11.4 Å². The van der Waals surface area contributed by atoms with Crippen LogP contribution in [-0.4, -0.2) is 42.6 Å². The number of anilines is 3. The molecule has 2 aliphatic carbocycles. The van der Waals surface area contributed by atoms with Gasteiger partial charge in [-0.15, -0.1) is 0 Å². The SMILES string of the molecule is Cn1cc(NC(=O)c2nc(C3CC3)ccc2Nc2cncnc2)c(C(=O)NC2CCCCC2)n1. The summed E-state index contributed by atoms with van der Waals surface area (Å²) < 4.78 is 1.53. The third-order valence-electron chi connectivity index (χ3n) is 6.20. The molecule has 2 amide bonds. The Labute approximate surface area is 197 Å². The standard InChI is InChI=1S/C24H28N8O2/c1-32-13-20(22(31-32)24(34)28-16-5-3-2-4-6-16)30-23(33)21-19(27-17-11-25-14-26-12-17)10-9-18(29-21)15-7-8-15/h9-16,27H,2-8H2,1H3,(H,28,34)(H,30,33). The fourth-order valence-corrected chi connectivity index (χ4v) is 4.30. The fraction of sp³-hybridized carbons (Fsp3) is 0.417. The van der Waals surface area contributed by atoms with Crippen LogP contribution in [0.2, 0.25) is 0 Å². The van der Waals surface area contributed by atoms with Crippen molar-refractivity contribution in [3.63, 3.8) is 0 Å². The van der Waals surface area contributed by atoms with E-state index in [2.05, 4.69) is 36.0 Å². The summed E-state index contributed by atoms with van der Waals surface area (Å²) in [5.41, 5.74) is 2.87. The Balaban J connectivity index is 1.38. The highest BCUT2D eigenvalue weighted by Crippen LogP contribution is 2.39. The van der Waals surface area contributed by atoms with Crippen molar-refractivity contribution in [1.29, 1.82) is 0 Å². The van der Waals surface area contributed by atoms with Gasteiger partial charge < -0.3 is 16.0 Å². The molecule has 10 nitrogen and oxygen atoms in total. The van der Waals surface area contributed by atoms with Crippen LogP contribution in [0, 0.1) is 0 Å². The first kappa shape index (κ1) is 22.0. The number of rotatable bonds is 7. The lowest BCUT2D eigenvalue weighted by Crippen LogP contribution is -2.36. The first-order chi connectivity index (χ1) is 16.6. The van der Waals surface area contributed by atoms with Crippen molar-refractivity contribution in [2.75, 3.05) is 10.6 Å². The van der Waals surface area contributed by atoms with Crippen molar-refractivity contribution in [2.24, 2.45) is 7.05 Å². The van der Waals surface area contributed by atoms with Crippen LogP contribution in [0.5, 0.6) is 0 Å². The zero-order chi connectivity index (χ0) is 23.5. The largest absolute Gasteiger partial charge is 0.351 e. The third-order valence-corrected chi connectivity index (χ3v) is 6.20. The van der Waals surface area contributed by atoms with Crippen LogP contribution in [0.25, 0.3) is 0 Å². The Kier molecular flexibility index (Phi) is 6.20. The molecule has 2 fully saturated rings. The van der Waals surface area contributed by atoms with Crippen LogP contribution in [0.1, 0.15) is 77.5 Å². The minimum atomic E-state index is -0.415. The van der Waals surface area contributed by atoms with E-state index in [4.69, 9.17) is 0 Å². The fourth-order valence-electron chi connectivity index (χ4n) is 4.30. The molecule has 5 rings (SSSR count). The first-order valence-electron chi connectivity index (χ1n) is 11.8. The van der Waals surface area contributed by atoms with Crippen molar-refractivity contribution in [2.45, 2.75) is 56.9 Å². The van der Waals surface area contributed by atoms with Crippen molar-refractivity contribution in [3.8, 4) is 0 Å². The van der Waals surface area contributed by atoms with Crippen molar-refractivity contribution >= 4 is 28.9 Å². The van der Waals surface area contributed by atoms with Gasteiger partial charge in [0.05, 0.1) is 29.5 Å². The number of carbonyl (C=O) groups is 2. The Morgan fingerprint density at radius 2 is 1.71 bits per heavy atom. The van der Waals surface area contributed by atoms with Crippen molar-refractivity contribution < 1.29 is 9.59 Å². The van der Waals surface area contributed by atoms with E-state index in [1.807, 2.05) is 12.1 Å². The summed E-state index contributed by atoms with van der Waals surface area (Å²) in [5.74, 6) is -0.306. The summed E-state index contributed by atoms with van der Waals surface area (Å²) in [6.07, 6.45) is 13.8. The van der Waals surface area contributed by atoms with Gasteiger partial charge in [-0.05, 0) is 37.8 Å². The number of nitrogens with zero attached hydrogens (tertiary/aromatic N) is 5. The lowest BCUT2D eigenvalue weighted by Gasteiger charge is -2.22. The molecule has 3 aromatic rings. The molecular weight excluding hydrogens is 432 g/mol. The molecule has 176 valence electrons. The second kappa shape index (κ2) is 9.58. The normalized spacial score (nSPS) is 16.1. The molecule has 0 bridgehead atoms. The van der Waals surface area contributed by atoms with Crippen LogP contribution in [0.4, 0.5) is 17.1 Å². The average molecular weight is 461 g/mol. The van der Waals surface area contributed by atoms with E-state index >= 15 is 0 Å². The molecule has 3 N–H and O–H groups in total. The Morgan fingerprint density at radius 1 is 0.941 bits per heavy atom. The van der Waals surface area contributed by atoms with Crippen LogP contribution >= 0.6 is 0 Å². The van der Waals surface area contributed by atoms with Crippen LogP contribution in [0.15, 0.2) is 37.1 Å². The predicted octanol–water partition coefficient (Wildman–Crippen LogP) is 3.54. The van der Waals surface area contributed by atoms with Gasteiger partial charge in [0.25, 0.3) is 11.8 Å². The summed E-state index contributed by atoms with van der Waals surface area (Å²) in [4.78, 5) is 39.0. The summed E-state index contributed by atoms with van der Waals surface area (Å²) in [7, 11) is 1.72. The van der Waals surface area contributed by atoms with Crippen molar-refractivity contribution in [1.82, 2.24) is 30.0 Å². The van der Waals surface area contributed by atoms with Gasteiger partial charge in [-0.3, -0.25) is 14.3 Å². The van der Waals surface area contributed by atoms with Gasteiger partial charge in [-0.25, -0.2) is 15.0 Å². The van der Waals surface area contributed by atoms with Gasteiger partial charge in [0.1, 0.15) is 6.33 Å². The Hall–Kier alpha value is -3.82. The Bertz CT molecular complexity index is 1180. The van der Waals surface area contributed by atoms with E-state index in [1.54, 1.807) is 25.6 Å². The Morgan fingerprint density at radius 3 is 2.44 bits per heavy atom. The minimum Gasteiger partial charge on any atom is -0.351 e. The van der Waals surface area contributed by atoms with Crippen LogP contribution < -0.4 is 16.0 Å². The highest BCUT2D eigenvalue weighted by Gasteiger charge is 2.28. The van der Waals surface area contributed by atoms with Crippen LogP contribution in [-0.2, 0) is 7.05 Å². The summed E-state index contributed by atoms with van der Waals surface area (Å²) >= 11 is 0. The maximum atomic E-state index is 13.4. The molecule has 0 radical (unpaired) electrons. The summed E-state index contributed by atoms with van der Waals surface area (Å²) in [5, 5.41) is 13.4.